The molecule has 1 saturated heterocycles. The fourth-order valence-electron chi connectivity index (χ4n) is 4.56. The normalized spacial score (nSPS) is 20.5. The Morgan fingerprint density at radius 3 is 2.81 bits per heavy atom. The van der Waals surface area contributed by atoms with Crippen molar-refractivity contribution in [1.82, 2.24) is 10.2 Å². The van der Waals surface area contributed by atoms with Crippen LogP contribution >= 0.6 is 11.3 Å². The fraction of sp³-hybridized carbons (Fsp3) is 0.333. The van der Waals surface area contributed by atoms with E-state index in [0.29, 0.717) is 40.0 Å². The van der Waals surface area contributed by atoms with Gasteiger partial charge in [-0.3, -0.25) is 14.5 Å². The number of fused-ring (bicyclic) bond motifs is 1. The van der Waals surface area contributed by atoms with E-state index in [2.05, 4.69) is 17.1 Å². The zero-order chi connectivity index (χ0) is 25.4. The molecule has 9 heteroatoms. The molecule has 1 N–H and O–H groups in total. The molecule has 3 aromatic rings. The molecule has 36 heavy (non-hydrogen) atoms. The van der Waals surface area contributed by atoms with Crippen LogP contribution in [0.15, 0.2) is 48.0 Å². The van der Waals surface area contributed by atoms with Crippen molar-refractivity contribution in [1.29, 1.82) is 0 Å². The van der Waals surface area contributed by atoms with E-state index in [9.17, 15) is 14.7 Å². The monoisotopic (exact) mass is 505 g/mol. The van der Waals surface area contributed by atoms with Crippen LogP contribution in [-0.4, -0.2) is 39.7 Å². The number of benzene rings is 2. The maximum atomic E-state index is 13.4. The van der Waals surface area contributed by atoms with Crippen molar-refractivity contribution in [2.45, 2.75) is 52.2 Å². The third kappa shape index (κ3) is 4.35. The first kappa shape index (κ1) is 24.0. The van der Waals surface area contributed by atoms with E-state index in [1.54, 1.807) is 25.1 Å². The summed E-state index contributed by atoms with van der Waals surface area (Å²) in [6, 6.07) is 11.7. The van der Waals surface area contributed by atoms with Gasteiger partial charge in [0.15, 0.2) is 0 Å². The second-order valence-corrected chi connectivity index (χ2v) is 10.2. The first-order valence-electron chi connectivity index (χ1n) is 12.0. The van der Waals surface area contributed by atoms with Crippen LogP contribution < -0.4 is 14.4 Å². The van der Waals surface area contributed by atoms with Gasteiger partial charge in [0, 0.05) is 12.0 Å². The summed E-state index contributed by atoms with van der Waals surface area (Å²) in [4.78, 5) is 28.0. The number of hydrogen-bond donors (Lipinski definition) is 1. The molecule has 2 aliphatic rings. The van der Waals surface area contributed by atoms with Crippen molar-refractivity contribution in [3.8, 4) is 11.5 Å². The Labute approximate surface area is 213 Å². The topological polar surface area (TPSA) is 102 Å². The van der Waals surface area contributed by atoms with Crippen LogP contribution in [-0.2, 0) is 16.0 Å². The van der Waals surface area contributed by atoms with Crippen LogP contribution in [0.3, 0.4) is 0 Å². The SMILES string of the molecule is CCCCOc1cccc(C2C(=C(O)c3ccc4c(c3)CC(C)O4)C(=O)C(=O)N2c2nnc(C)s2)c1. The molecular formula is C27H27N3O5S. The predicted octanol–water partition coefficient (Wildman–Crippen LogP) is 4.98. The molecule has 8 nitrogen and oxygen atoms in total. The van der Waals surface area contributed by atoms with E-state index in [4.69, 9.17) is 9.47 Å². The summed E-state index contributed by atoms with van der Waals surface area (Å²) < 4.78 is 11.7. The molecule has 5 rings (SSSR count). The van der Waals surface area contributed by atoms with E-state index in [-0.39, 0.29) is 17.4 Å². The number of hydrogen-bond acceptors (Lipinski definition) is 8. The summed E-state index contributed by atoms with van der Waals surface area (Å²) in [5, 5.41) is 20.6. The maximum Gasteiger partial charge on any atom is 0.301 e. The number of ether oxygens (including phenoxy) is 2. The van der Waals surface area contributed by atoms with Gasteiger partial charge in [-0.25, -0.2) is 0 Å². The average Bonchev–Trinajstić information content (AvgIpc) is 3.53. The summed E-state index contributed by atoms with van der Waals surface area (Å²) in [5.41, 5.74) is 2.04. The van der Waals surface area contributed by atoms with Crippen LogP contribution in [0, 0.1) is 6.92 Å². The highest BCUT2D eigenvalue weighted by atomic mass is 32.1. The second-order valence-electron chi connectivity index (χ2n) is 9.00. The van der Waals surface area contributed by atoms with Crippen LogP contribution in [0.4, 0.5) is 5.13 Å². The minimum absolute atomic E-state index is 0.00507. The van der Waals surface area contributed by atoms with Crippen LogP contribution in [0.25, 0.3) is 5.76 Å². The van der Waals surface area contributed by atoms with Gasteiger partial charge in [-0.15, -0.1) is 10.2 Å². The molecule has 3 heterocycles. The lowest BCUT2D eigenvalue weighted by Crippen LogP contribution is -2.29. The minimum Gasteiger partial charge on any atom is -0.507 e. The smallest absolute Gasteiger partial charge is 0.301 e. The second kappa shape index (κ2) is 9.73. The molecule has 2 atom stereocenters. The number of aliphatic hydroxyl groups is 1. The van der Waals surface area contributed by atoms with Gasteiger partial charge in [0.2, 0.25) is 5.13 Å². The minimum atomic E-state index is -0.879. The van der Waals surface area contributed by atoms with Crippen molar-refractivity contribution in [2.24, 2.45) is 0 Å². The van der Waals surface area contributed by atoms with Crippen LogP contribution in [0.1, 0.15) is 54.4 Å². The zero-order valence-electron chi connectivity index (χ0n) is 20.4. The Balaban J connectivity index is 1.63. The fourth-order valence-corrected chi connectivity index (χ4v) is 5.28. The van der Waals surface area contributed by atoms with Gasteiger partial charge in [-0.1, -0.05) is 36.8 Å². The molecule has 2 aliphatic heterocycles. The molecule has 0 radical (unpaired) electrons. The Morgan fingerprint density at radius 2 is 2.06 bits per heavy atom. The van der Waals surface area contributed by atoms with Crippen LogP contribution in [0.5, 0.6) is 11.5 Å². The highest BCUT2D eigenvalue weighted by Crippen LogP contribution is 2.44. The Bertz CT molecular complexity index is 1360. The van der Waals surface area contributed by atoms with Crippen molar-refractivity contribution in [2.75, 3.05) is 11.5 Å². The molecule has 0 spiro atoms. The van der Waals surface area contributed by atoms with Crippen molar-refractivity contribution in [3.05, 3.63) is 69.7 Å². The summed E-state index contributed by atoms with van der Waals surface area (Å²) in [6.45, 7) is 6.40. The molecule has 0 saturated carbocycles. The highest BCUT2D eigenvalue weighted by Gasteiger charge is 2.48. The van der Waals surface area contributed by atoms with Crippen LogP contribution in [0.2, 0.25) is 0 Å². The summed E-state index contributed by atoms with van der Waals surface area (Å²) in [6.07, 6.45) is 2.66. The number of anilines is 1. The zero-order valence-corrected chi connectivity index (χ0v) is 21.2. The van der Waals surface area contributed by atoms with Gasteiger partial charge < -0.3 is 14.6 Å². The lowest BCUT2D eigenvalue weighted by atomic mass is 9.94. The maximum absolute atomic E-state index is 13.4. The van der Waals surface area contributed by atoms with E-state index in [1.807, 2.05) is 31.2 Å². The molecule has 1 fully saturated rings. The molecule has 2 aromatic carbocycles. The first-order chi connectivity index (χ1) is 17.4. The standard InChI is InChI=1S/C27H27N3O5S/c1-4-5-11-34-20-8-6-7-17(14-20)23-22(25(32)26(33)30(23)27-29-28-16(3)36-27)24(31)18-9-10-21-19(13-18)12-15(2)35-21/h6-10,13-15,23,31H,4-5,11-12H2,1-3H3. The highest BCUT2D eigenvalue weighted by molar-refractivity contribution is 7.15. The molecular weight excluding hydrogens is 478 g/mol. The van der Waals surface area contributed by atoms with Gasteiger partial charge in [0.05, 0.1) is 18.2 Å². The number of carbonyl (C=O) groups is 2. The lowest BCUT2D eigenvalue weighted by molar-refractivity contribution is -0.132. The van der Waals surface area contributed by atoms with Crippen molar-refractivity contribution in [3.63, 3.8) is 0 Å². The van der Waals surface area contributed by atoms with Gasteiger partial charge in [0.25, 0.3) is 5.78 Å². The number of aryl methyl sites for hydroxylation is 1. The van der Waals surface area contributed by atoms with E-state index < -0.39 is 17.7 Å². The van der Waals surface area contributed by atoms with E-state index in [1.165, 1.54) is 16.2 Å². The summed E-state index contributed by atoms with van der Waals surface area (Å²) in [5.74, 6) is -0.372. The molecule has 1 aromatic heterocycles. The number of ketones is 1. The first-order valence-corrected chi connectivity index (χ1v) is 12.8. The molecule has 2 unspecified atom stereocenters. The van der Waals surface area contributed by atoms with Gasteiger partial charge in [0.1, 0.15) is 28.4 Å². The number of rotatable bonds is 7. The summed E-state index contributed by atoms with van der Waals surface area (Å²) in [7, 11) is 0. The third-order valence-electron chi connectivity index (χ3n) is 6.28. The average molecular weight is 506 g/mol. The molecule has 0 bridgehead atoms. The number of Topliss-reactive ketones (excluding diaryl/α,β-unsaturated/α-hetero) is 1. The van der Waals surface area contributed by atoms with Crippen molar-refractivity contribution >= 4 is 33.9 Å². The van der Waals surface area contributed by atoms with E-state index >= 15 is 0 Å². The number of amides is 1. The number of nitrogens with zero attached hydrogens (tertiary/aromatic N) is 3. The quantitative estimate of drug-likeness (QED) is 0.209. The molecule has 0 aliphatic carbocycles. The largest absolute Gasteiger partial charge is 0.507 e. The van der Waals surface area contributed by atoms with Gasteiger partial charge in [-0.2, -0.15) is 0 Å². The van der Waals surface area contributed by atoms with E-state index in [0.717, 1.165) is 24.2 Å². The number of aromatic nitrogens is 2. The Morgan fingerprint density at radius 1 is 1.22 bits per heavy atom. The number of aliphatic hydroxyl groups excluding tert-OH is 1. The van der Waals surface area contributed by atoms with Gasteiger partial charge in [-0.05, 0) is 61.7 Å². The van der Waals surface area contributed by atoms with Crippen molar-refractivity contribution < 1.29 is 24.2 Å². The molecule has 1 amide bonds. The number of carbonyl (C=O) groups excluding carboxylic acids is 2. The molecule has 186 valence electrons. The Hall–Kier alpha value is -3.72. The Kier molecular flexibility index (Phi) is 6.49. The lowest BCUT2D eigenvalue weighted by Gasteiger charge is -2.23. The predicted molar refractivity (Wildman–Crippen MR) is 137 cm³/mol. The summed E-state index contributed by atoms with van der Waals surface area (Å²) >= 11 is 1.21. The third-order valence-corrected chi connectivity index (χ3v) is 7.11. The number of unbranched alkanes of at least 4 members (excludes halogenated alkanes) is 1. The van der Waals surface area contributed by atoms with Gasteiger partial charge >= 0.3 is 5.91 Å².